The largest absolute Gasteiger partial charge is 0.478 e. The summed E-state index contributed by atoms with van der Waals surface area (Å²) in [6.45, 7) is 1.62. The normalized spacial score (nSPS) is 10.3. The van der Waals surface area contributed by atoms with Crippen molar-refractivity contribution in [1.29, 1.82) is 0 Å². The van der Waals surface area contributed by atoms with Crippen LogP contribution < -0.4 is 0 Å². The van der Waals surface area contributed by atoms with Crippen molar-refractivity contribution < 1.29 is 29.0 Å². The molecule has 0 spiro atoms. The molecule has 0 unspecified atom stereocenters. The van der Waals surface area contributed by atoms with Gasteiger partial charge in [0.2, 0.25) is 0 Å². The highest BCUT2D eigenvalue weighted by molar-refractivity contribution is 5.98. The lowest BCUT2D eigenvalue weighted by Gasteiger charge is -2.07. The summed E-state index contributed by atoms with van der Waals surface area (Å²) in [5, 5.41) is 9.38. The zero-order chi connectivity index (χ0) is 18.4. The summed E-state index contributed by atoms with van der Waals surface area (Å²) >= 11 is 0. The van der Waals surface area contributed by atoms with Gasteiger partial charge in [0.05, 0.1) is 12.7 Å². The molecule has 2 N–H and O–H groups in total. The quantitative estimate of drug-likeness (QED) is 0.747. The molecule has 1 aromatic heterocycles. The lowest BCUT2D eigenvalue weighted by atomic mass is 10.0. The van der Waals surface area contributed by atoms with Gasteiger partial charge in [0.15, 0.2) is 0 Å². The van der Waals surface area contributed by atoms with E-state index in [2.05, 4.69) is 9.72 Å². The predicted molar refractivity (Wildman–Crippen MR) is 88.4 cm³/mol. The van der Waals surface area contributed by atoms with Gasteiger partial charge in [0.25, 0.3) is 0 Å². The Hall–Kier alpha value is -3.09. The van der Waals surface area contributed by atoms with Gasteiger partial charge < -0.3 is 19.6 Å². The molecule has 0 saturated heterocycles. The lowest BCUT2D eigenvalue weighted by molar-refractivity contribution is -0.140. The molecule has 0 fully saturated rings. The number of aromatic nitrogens is 1. The molecule has 7 heteroatoms. The van der Waals surface area contributed by atoms with Crippen LogP contribution in [0.2, 0.25) is 0 Å². The molecule has 0 aliphatic heterocycles. The maximum absolute atomic E-state index is 12.4. The summed E-state index contributed by atoms with van der Waals surface area (Å²) in [5.41, 5.74) is 1.42. The summed E-state index contributed by atoms with van der Waals surface area (Å²) in [7, 11) is 1.25. The van der Waals surface area contributed by atoms with Crippen LogP contribution in [0.25, 0.3) is 0 Å². The molecular formula is C18H19NO6. The molecule has 132 valence electrons. The Morgan fingerprint density at radius 2 is 1.84 bits per heavy atom. The number of H-pyrrole nitrogens is 1. The second-order valence-corrected chi connectivity index (χ2v) is 5.42. The van der Waals surface area contributed by atoms with Crippen LogP contribution in [0, 0.1) is 6.92 Å². The smallest absolute Gasteiger partial charge is 0.355 e. The van der Waals surface area contributed by atoms with Crippen LogP contribution in [0.4, 0.5) is 0 Å². The third-order valence-corrected chi connectivity index (χ3v) is 3.73. The third kappa shape index (κ3) is 4.47. The van der Waals surface area contributed by atoms with E-state index >= 15 is 0 Å². The molecule has 0 bridgehead atoms. The molecule has 1 aromatic carbocycles. The summed E-state index contributed by atoms with van der Waals surface area (Å²) < 4.78 is 9.83. The highest BCUT2D eigenvalue weighted by atomic mass is 16.5. The summed E-state index contributed by atoms with van der Waals surface area (Å²) in [6.07, 6.45) is 0.0292. The number of ether oxygens (including phenoxy) is 2. The molecule has 25 heavy (non-hydrogen) atoms. The van der Waals surface area contributed by atoms with Gasteiger partial charge in [0, 0.05) is 12.1 Å². The van der Waals surface area contributed by atoms with Gasteiger partial charge in [-0.15, -0.1) is 0 Å². The molecule has 0 amide bonds. The number of methoxy groups -OCH3 is 1. The fourth-order valence-corrected chi connectivity index (χ4v) is 2.51. The van der Waals surface area contributed by atoms with E-state index in [-0.39, 0.29) is 36.3 Å². The number of hydrogen-bond donors (Lipinski definition) is 2. The Morgan fingerprint density at radius 1 is 1.16 bits per heavy atom. The van der Waals surface area contributed by atoms with Crippen LogP contribution in [0.3, 0.4) is 0 Å². The minimum atomic E-state index is -1.17. The first-order valence-corrected chi connectivity index (χ1v) is 7.66. The fraction of sp³-hybridized carbons (Fsp3) is 0.278. The number of carbonyl (C=O) groups is 3. The standard InChI is InChI=1S/C18H19NO6/c1-11-15(17(21)22)13(8-9-14(20)24-2)16(19-11)18(23)25-10-12-6-4-3-5-7-12/h3-7,19H,8-10H2,1-2H3,(H,21,22). The average molecular weight is 345 g/mol. The number of aryl methyl sites for hydroxylation is 1. The number of carboxylic acids is 1. The Morgan fingerprint density at radius 3 is 2.44 bits per heavy atom. The first-order valence-electron chi connectivity index (χ1n) is 7.66. The first-order chi connectivity index (χ1) is 11.9. The topological polar surface area (TPSA) is 106 Å². The molecular weight excluding hydrogens is 326 g/mol. The molecule has 7 nitrogen and oxygen atoms in total. The van der Waals surface area contributed by atoms with E-state index in [0.29, 0.717) is 5.69 Å². The van der Waals surface area contributed by atoms with Crippen molar-refractivity contribution in [3.05, 3.63) is 58.4 Å². The second kappa shape index (κ2) is 8.14. The Balaban J connectivity index is 2.22. The number of carbonyl (C=O) groups excluding carboxylic acids is 2. The minimum Gasteiger partial charge on any atom is -0.478 e. The van der Waals surface area contributed by atoms with Gasteiger partial charge in [-0.05, 0) is 24.5 Å². The lowest BCUT2D eigenvalue weighted by Crippen LogP contribution is -2.12. The van der Waals surface area contributed by atoms with Crippen molar-refractivity contribution >= 4 is 17.9 Å². The molecule has 0 aliphatic rings. The highest BCUT2D eigenvalue weighted by Crippen LogP contribution is 2.22. The Bertz CT molecular complexity index is 778. The number of esters is 2. The van der Waals surface area contributed by atoms with Crippen LogP contribution in [0.15, 0.2) is 30.3 Å². The molecule has 0 radical (unpaired) electrons. The van der Waals surface area contributed by atoms with Crippen LogP contribution in [0.5, 0.6) is 0 Å². The van der Waals surface area contributed by atoms with Crippen molar-refractivity contribution in [2.45, 2.75) is 26.4 Å². The Kier molecular flexibility index (Phi) is 5.94. The van der Waals surface area contributed by atoms with Crippen molar-refractivity contribution in [3.63, 3.8) is 0 Å². The van der Waals surface area contributed by atoms with Gasteiger partial charge in [-0.1, -0.05) is 30.3 Å². The molecule has 0 atom stereocenters. The molecule has 1 heterocycles. The van der Waals surface area contributed by atoms with Gasteiger partial charge in [-0.3, -0.25) is 4.79 Å². The fourth-order valence-electron chi connectivity index (χ4n) is 2.51. The van der Waals surface area contributed by atoms with E-state index in [1.165, 1.54) is 7.11 Å². The Labute approximate surface area is 144 Å². The zero-order valence-electron chi connectivity index (χ0n) is 14.0. The molecule has 0 saturated carbocycles. The van der Waals surface area contributed by atoms with E-state index in [1.807, 2.05) is 30.3 Å². The van der Waals surface area contributed by atoms with E-state index in [9.17, 15) is 19.5 Å². The number of hydrogen-bond acceptors (Lipinski definition) is 5. The van der Waals surface area contributed by atoms with Gasteiger partial charge in [-0.25, -0.2) is 9.59 Å². The number of benzene rings is 1. The van der Waals surface area contributed by atoms with Crippen LogP contribution in [-0.4, -0.2) is 35.1 Å². The summed E-state index contributed by atoms with van der Waals surface area (Å²) in [6, 6.07) is 9.13. The summed E-state index contributed by atoms with van der Waals surface area (Å²) in [4.78, 5) is 38.0. The van der Waals surface area contributed by atoms with E-state index in [1.54, 1.807) is 6.92 Å². The minimum absolute atomic E-state index is 0.0180. The van der Waals surface area contributed by atoms with Crippen LogP contribution in [-0.2, 0) is 27.3 Å². The number of aromatic carboxylic acids is 1. The number of aromatic amines is 1. The van der Waals surface area contributed by atoms with Crippen molar-refractivity contribution in [2.24, 2.45) is 0 Å². The molecule has 0 aliphatic carbocycles. The van der Waals surface area contributed by atoms with Crippen molar-refractivity contribution in [1.82, 2.24) is 4.98 Å². The van der Waals surface area contributed by atoms with E-state index < -0.39 is 17.9 Å². The second-order valence-electron chi connectivity index (χ2n) is 5.42. The van der Waals surface area contributed by atoms with Crippen LogP contribution >= 0.6 is 0 Å². The number of rotatable bonds is 7. The third-order valence-electron chi connectivity index (χ3n) is 3.73. The maximum Gasteiger partial charge on any atom is 0.355 e. The first kappa shape index (κ1) is 18.3. The van der Waals surface area contributed by atoms with Gasteiger partial charge in [-0.2, -0.15) is 0 Å². The van der Waals surface area contributed by atoms with Gasteiger partial charge in [0.1, 0.15) is 12.3 Å². The molecule has 2 aromatic rings. The van der Waals surface area contributed by atoms with Crippen LogP contribution in [0.1, 0.15) is 44.1 Å². The van der Waals surface area contributed by atoms with Crippen molar-refractivity contribution in [3.8, 4) is 0 Å². The molecule has 2 rings (SSSR count). The van der Waals surface area contributed by atoms with E-state index in [0.717, 1.165) is 5.56 Å². The highest BCUT2D eigenvalue weighted by Gasteiger charge is 2.25. The monoisotopic (exact) mass is 345 g/mol. The van der Waals surface area contributed by atoms with E-state index in [4.69, 9.17) is 4.74 Å². The summed E-state index contributed by atoms with van der Waals surface area (Å²) in [5.74, 6) is -2.33. The number of carboxylic acid groups (broad SMARTS) is 1. The SMILES string of the molecule is COC(=O)CCc1c(C(=O)OCc2ccccc2)[nH]c(C)c1C(=O)O. The average Bonchev–Trinajstić information content (AvgIpc) is 2.95. The van der Waals surface area contributed by atoms with Crippen molar-refractivity contribution in [2.75, 3.05) is 7.11 Å². The number of nitrogens with one attached hydrogen (secondary N) is 1. The zero-order valence-corrected chi connectivity index (χ0v) is 14.0. The predicted octanol–water partition coefficient (Wildman–Crippen LogP) is 2.48. The van der Waals surface area contributed by atoms with Gasteiger partial charge >= 0.3 is 17.9 Å². The maximum atomic E-state index is 12.4.